The highest BCUT2D eigenvalue weighted by atomic mass is 16.1. The van der Waals surface area contributed by atoms with Crippen LogP contribution in [-0.4, -0.2) is 11.9 Å². The summed E-state index contributed by atoms with van der Waals surface area (Å²) in [5, 5.41) is 3.03. The van der Waals surface area contributed by atoms with Crippen LogP contribution in [0.3, 0.4) is 0 Å². The molecule has 0 saturated heterocycles. The Labute approximate surface area is 102 Å². The number of nitrogens with two attached hydrogens (primary N) is 1. The molecule has 0 radical (unpaired) electrons. The normalized spacial score (nSPS) is 19.0. The maximum Gasteiger partial charge on any atom is 0.253 e. The Morgan fingerprint density at radius 1 is 1.41 bits per heavy atom. The first-order valence-corrected chi connectivity index (χ1v) is 5.99. The minimum atomic E-state index is -0.0634. The third-order valence-corrected chi connectivity index (χ3v) is 3.06. The van der Waals surface area contributed by atoms with Crippen molar-refractivity contribution in [1.29, 1.82) is 0 Å². The Balaban J connectivity index is 2.08. The van der Waals surface area contributed by atoms with E-state index in [-0.39, 0.29) is 11.9 Å². The molecule has 0 saturated carbocycles. The number of benzene rings is 1. The summed E-state index contributed by atoms with van der Waals surface area (Å²) < 4.78 is 0. The van der Waals surface area contributed by atoms with Gasteiger partial charge in [-0.1, -0.05) is 23.8 Å². The molecule has 0 bridgehead atoms. The molecule has 1 aromatic rings. The molecule has 1 aromatic carbocycles. The van der Waals surface area contributed by atoms with E-state index in [1.54, 1.807) is 6.07 Å². The lowest BCUT2D eigenvalue weighted by molar-refractivity contribution is 0.0935. The van der Waals surface area contributed by atoms with Gasteiger partial charge in [0, 0.05) is 11.7 Å². The quantitative estimate of drug-likeness (QED) is 0.605. The number of carbonyl (C=O) groups is 1. The predicted octanol–water partition coefficient (Wildman–Crippen LogP) is 2.42. The first-order chi connectivity index (χ1) is 8.16. The van der Waals surface area contributed by atoms with Gasteiger partial charge in [-0.3, -0.25) is 4.79 Å². The van der Waals surface area contributed by atoms with Crippen molar-refractivity contribution in [2.75, 3.05) is 5.73 Å². The zero-order valence-electron chi connectivity index (χ0n) is 10.1. The average Bonchev–Trinajstić information content (AvgIpc) is 2.33. The molecule has 17 heavy (non-hydrogen) atoms. The monoisotopic (exact) mass is 230 g/mol. The zero-order valence-corrected chi connectivity index (χ0v) is 10.1. The maximum absolute atomic E-state index is 12.1. The van der Waals surface area contributed by atoms with Gasteiger partial charge in [0.1, 0.15) is 0 Å². The Morgan fingerprint density at radius 3 is 2.94 bits per heavy atom. The molecule has 3 N–H and O–H groups in total. The van der Waals surface area contributed by atoms with Crippen LogP contribution in [0.4, 0.5) is 5.69 Å². The van der Waals surface area contributed by atoms with Crippen LogP contribution in [0.1, 0.15) is 35.2 Å². The summed E-state index contributed by atoms with van der Waals surface area (Å²) >= 11 is 0. The molecular formula is C14H18N2O. The third-order valence-electron chi connectivity index (χ3n) is 3.06. The zero-order chi connectivity index (χ0) is 12.3. The summed E-state index contributed by atoms with van der Waals surface area (Å²) in [6.07, 6.45) is 7.23. The highest BCUT2D eigenvalue weighted by Crippen LogP contribution is 2.16. The number of carbonyl (C=O) groups excluding carboxylic acids is 1. The fourth-order valence-corrected chi connectivity index (χ4v) is 2.05. The third kappa shape index (κ3) is 2.87. The van der Waals surface area contributed by atoms with E-state index in [9.17, 15) is 4.79 Å². The lowest BCUT2D eigenvalue weighted by atomic mass is 10.0. The van der Waals surface area contributed by atoms with E-state index in [1.165, 1.54) is 0 Å². The number of amides is 1. The predicted molar refractivity (Wildman–Crippen MR) is 69.8 cm³/mol. The van der Waals surface area contributed by atoms with Crippen molar-refractivity contribution < 1.29 is 4.79 Å². The molecule has 3 heteroatoms. The molecule has 1 atom stereocenters. The minimum absolute atomic E-state index is 0.0634. The molecule has 0 fully saturated rings. The van der Waals surface area contributed by atoms with E-state index in [1.807, 2.05) is 19.1 Å². The lowest BCUT2D eigenvalue weighted by Crippen LogP contribution is -2.35. The standard InChI is InChI=1S/C14H18N2O/c1-10-7-8-13(15)12(9-10)14(17)16-11-5-3-2-4-6-11/h2-3,7-9,11H,4-6,15H2,1H3,(H,16,17). The van der Waals surface area contributed by atoms with Crippen LogP contribution in [0.2, 0.25) is 0 Å². The van der Waals surface area contributed by atoms with Gasteiger partial charge in [0.25, 0.3) is 5.91 Å². The minimum Gasteiger partial charge on any atom is -0.398 e. The van der Waals surface area contributed by atoms with Crippen LogP contribution in [0, 0.1) is 6.92 Å². The van der Waals surface area contributed by atoms with Crippen molar-refractivity contribution in [3.8, 4) is 0 Å². The number of aryl methyl sites for hydroxylation is 1. The number of rotatable bonds is 2. The van der Waals surface area contributed by atoms with Gasteiger partial charge in [-0.15, -0.1) is 0 Å². The molecule has 1 aliphatic rings. The second-order valence-electron chi connectivity index (χ2n) is 4.55. The topological polar surface area (TPSA) is 55.1 Å². The lowest BCUT2D eigenvalue weighted by Gasteiger charge is -2.19. The number of hydrogen-bond acceptors (Lipinski definition) is 2. The van der Waals surface area contributed by atoms with Crippen LogP contribution < -0.4 is 11.1 Å². The molecule has 0 aliphatic heterocycles. The van der Waals surface area contributed by atoms with Crippen LogP contribution in [0.15, 0.2) is 30.4 Å². The molecule has 2 rings (SSSR count). The number of hydrogen-bond donors (Lipinski definition) is 2. The maximum atomic E-state index is 12.1. The number of anilines is 1. The fraction of sp³-hybridized carbons (Fsp3) is 0.357. The number of nitrogens with one attached hydrogen (secondary N) is 1. The van der Waals surface area contributed by atoms with Crippen LogP contribution in [0.5, 0.6) is 0 Å². The highest BCUT2D eigenvalue weighted by molar-refractivity contribution is 5.99. The van der Waals surface area contributed by atoms with Crippen molar-refractivity contribution in [3.05, 3.63) is 41.5 Å². The average molecular weight is 230 g/mol. The molecule has 1 amide bonds. The first kappa shape index (κ1) is 11.7. The van der Waals surface area contributed by atoms with E-state index >= 15 is 0 Å². The summed E-state index contributed by atoms with van der Waals surface area (Å²) in [7, 11) is 0. The van der Waals surface area contributed by atoms with E-state index in [2.05, 4.69) is 17.5 Å². The molecule has 3 nitrogen and oxygen atoms in total. The van der Waals surface area contributed by atoms with Crippen molar-refractivity contribution in [3.63, 3.8) is 0 Å². The van der Waals surface area contributed by atoms with Gasteiger partial charge in [0.05, 0.1) is 5.56 Å². The van der Waals surface area contributed by atoms with Gasteiger partial charge in [0.15, 0.2) is 0 Å². The van der Waals surface area contributed by atoms with Crippen molar-refractivity contribution >= 4 is 11.6 Å². The van der Waals surface area contributed by atoms with Crippen LogP contribution >= 0.6 is 0 Å². The smallest absolute Gasteiger partial charge is 0.253 e. The van der Waals surface area contributed by atoms with Crippen molar-refractivity contribution in [2.45, 2.75) is 32.2 Å². The second-order valence-corrected chi connectivity index (χ2v) is 4.55. The van der Waals surface area contributed by atoms with Crippen LogP contribution in [0.25, 0.3) is 0 Å². The second kappa shape index (κ2) is 5.04. The largest absolute Gasteiger partial charge is 0.398 e. The summed E-state index contributed by atoms with van der Waals surface area (Å²) in [5.41, 5.74) is 7.99. The molecule has 1 unspecified atom stereocenters. The molecule has 90 valence electrons. The molecule has 0 aromatic heterocycles. The van der Waals surface area contributed by atoms with Gasteiger partial charge in [-0.2, -0.15) is 0 Å². The fourth-order valence-electron chi connectivity index (χ4n) is 2.05. The summed E-state index contributed by atoms with van der Waals surface area (Å²) in [6, 6.07) is 5.77. The number of nitrogen functional groups attached to an aromatic ring is 1. The summed E-state index contributed by atoms with van der Waals surface area (Å²) in [4.78, 5) is 12.1. The Bertz CT molecular complexity index is 452. The van der Waals surface area contributed by atoms with E-state index in [4.69, 9.17) is 5.73 Å². The van der Waals surface area contributed by atoms with E-state index in [0.29, 0.717) is 11.3 Å². The molecule has 1 aliphatic carbocycles. The highest BCUT2D eigenvalue weighted by Gasteiger charge is 2.15. The van der Waals surface area contributed by atoms with Gasteiger partial charge >= 0.3 is 0 Å². The van der Waals surface area contributed by atoms with Gasteiger partial charge in [-0.25, -0.2) is 0 Å². The summed E-state index contributed by atoms with van der Waals surface area (Å²) in [5.74, 6) is -0.0634. The van der Waals surface area contributed by atoms with Gasteiger partial charge < -0.3 is 11.1 Å². The van der Waals surface area contributed by atoms with Gasteiger partial charge in [-0.05, 0) is 38.3 Å². The van der Waals surface area contributed by atoms with Crippen molar-refractivity contribution in [2.24, 2.45) is 0 Å². The summed E-state index contributed by atoms with van der Waals surface area (Å²) in [6.45, 7) is 1.96. The Kier molecular flexibility index (Phi) is 3.47. The SMILES string of the molecule is Cc1ccc(N)c(C(=O)NC2CC=CCC2)c1. The van der Waals surface area contributed by atoms with E-state index in [0.717, 1.165) is 24.8 Å². The molecule has 0 heterocycles. The first-order valence-electron chi connectivity index (χ1n) is 5.99. The Morgan fingerprint density at radius 2 is 2.24 bits per heavy atom. The van der Waals surface area contributed by atoms with Crippen molar-refractivity contribution in [1.82, 2.24) is 5.32 Å². The molecular weight excluding hydrogens is 212 g/mol. The number of allylic oxidation sites excluding steroid dienone is 1. The molecule has 0 spiro atoms. The van der Waals surface area contributed by atoms with E-state index < -0.39 is 0 Å². The van der Waals surface area contributed by atoms with Crippen LogP contribution in [-0.2, 0) is 0 Å². The van der Waals surface area contributed by atoms with Gasteiger partial charge in [0.2, 0.25) is 0 Å². The Hall–Kier alpha value is -1.77.